The summed E-state index contributed by atoms with van der Waals surface area (Å²) < 4.78 is 45.6. The molecule has 1 saturated heterocycles. The number of nitrogens with zero attached hydrogens (tertiary/aromatic N) is 6. The van der Waals surface area contributed by atoms with Crippen molar-refractivity contribution in [1.29, 1.82) is 0 Å². The van der Waals surface area contributed by atoms with Crippen molar-refractivity contribution in [3.63, 3.8) is 0 Å². The molecule has 13 heteroatoms. The molecule has 194 valence electrons. The Morgan fingerprint density at radius 1 is 1.19 bits per heavy atom. The van der Waals surface area contributed by atoms with E-state index in [-0.39, 0.29) is 29.5 Å². The second-order valence-electron chi connectivity index (χ2n) is 8.60. The van der Waals surface area contributed by atoms with Crippen molar-refractivity contribution in [3.8, 4) is 17.4 Å². The minimum Gasteiger partial charge on any atom is -0.481 e. The molecule has 0 amide bonds. The molecule has 1 aliphatic heterocycles. The lowest BCUT2D eigenvalue weighted by Gasteiger charge is -2.25. The van der Waals surface area contributed by atoms with Gasteiger partial charge >= 0.3 is 0 Å². The fourth-order valence-electron chi connectivity index (χ4n) is 4.30. The van der Waals surface area contributed by atoms with Crippen LogP contribution in [0.4, 0.5) is 0 Å². The number of halogens is 1. The molecule has 1 aliphatic rings. The van der Waals surface area contributed by atoms with Crippen LogP contribution in [0.1, 0.15) is 50.5 Å². The van der Waals surface area contributed by atoms with Crippen molar-refractivity contribution >= 4 is 21.4 Å². The first-order chi connectivity index (χ1) is 17.2. The van der Waals surface area contributed by atoms with Gasteiger partial charge in [0.25, 0.3) is 0 Å². The second kappa shape index (κ2) is 11.2. The summed E-state index contributed by atoms with van der Waals surface area (Å²) in [5.74, 6) is 1.01. The molecule has 1 fully saturated rings. The zero-order valence-electron chi connectivity index (χ0n) is 20.5. The van der Waals surface area contributed by atoms with Crippen LogP contribution in [0.5, 0.6) is 5.88 Å². The number of methoxy groups -OCH3 is 2. The first kappa shape index (κ1) is 26.4. The van der Waals surface area contributed by atoms with Crippen LogP contribution in [-0.2, 0) is 25.1 Å². The number of hydrogen-bond acceptors (Lipinski definition) is 10. The molecule has 3 aromatic rings. The summed E-state index contributed by atoms with van der Waals surface area (Å²) in [6, 6.07) is 5.09. The Morgan fingerprint density at radius 2 is 1.94 bits per heavy atom. The number of aromatic nitrogens is 6. The first-order valence-corrected chi connectivity index (χ1v) is 13.6. The summed E-state index contributed by atoms with van der Waals surface area (Å²) >= 11 is 5.88. The lowest BCUT2D eigenvalue weighted by atomic mass is 10.1. The molecule has 0 aliphatic carbocycles. The highest BCUT2D eigenvalue weighted by atomic mass is 35.5. The van der Waals surface area contributed by atoms with Crippen molar-refractivity contribution in [2.75, 3.05) is 20.8 Å². The second-order valence-corrected chi connectivity index (χ2v) is 11.4. The third kappa shape index (κ3) is 5.51. The number of pyridine rings is 1. The van der Waals surface area contributed by atoms with Crippen molar-refractivity contribution in [2.24, 2.45) is 0 Å². The van der Waals surface area contributed by atoms with Crippen LogP contribution >= 0.6 is 11.6 Å². The third-order valence-corrected chi connectivity index (χ3v) is 8.55. The van der Waals surface area contributed by atoms with E-state index in [1.54, 1.807) is 25.1 Å². The Morgan fingerprint density at radius 3 is 2.58 bits per heavy atom. The van der Waals surface area contributed by atoms with Gasteiger partial charge in [0.05, 0.1) is 29.5 Å². The van der Waals surface area contributed by atoms with Gasteiger partial charge in [-0.15, -0.1) is 10.2 Å². The maximum Gasteiger partial charge on any atom is 0.213 e. The van der Waals surface area contributed by atoms with Gasteiger partial charge < -0.3 is 18.8 Å². The first-order valence-electron chi connectivity index (χ1n) is 11.5. The van der Waals surface area contributed by atoms with Crippen LogP contribution in [0.25, 0.3) is 11.5 Å². The molecular weight excluding hydrogens is 508 g/mol. The van der Waals surface area contributed by atoms with Gasteiger partial charge in [-0.25, -0.2) is 23.4 Å². The maximum absolute atomic E-state index is 13.6. The van der Waals surface area contributed by atoms with Crippen LogP contribution in [0.3, 0.4) is 0 Å². The fraction of sp³-hybridized carbons (Fsp3) is 0.522. The summed E-state index contributed by atoms with van der Waals surface area (Å²) in [4.78, 5) is 12.8. The molecule has 0 aromatic carbocycles. The van der Waals surface area contributed by atoms with Gasteiger partial charge in [-0.2, -0.15) is 0 Å². The largest absolute Gasteiger partial charge is 0.481 e. The Hall–Kier alpha value is -2.67. The molecule has 11 nitrogen and oxygen atoms in total. The lowest BCUT2D eigenvalue weighted by Crippen LogP contribution is -2.31. The Kier molecular flexibility index (Phi) is 8.18. The van der Waals surface area contributed by atoms with Gasteiger partial charge in [-0.1, -0.05) is 17.7 Å². The lowest BCUT2D eigenvalue weighted by molar-refractivity contribution is 0.0728. The SMILES string of the molecule is COc1cccc(-c2nnc(CS(=O)(=O)[C@@H](C)[C@H](OC)c3ncc(Cl)cn3)n2[C@H](C)C2CCCO2)n1. The molecule has 36 heavy (non-hydrogen) atoms. The minimum atomic E-state index is -3.79. The Balaban J connectivity index is 1.70. The summed E-state index contributed by atoms with van der Waals surface area (Å²) in [7, 11) is -0.842. The van der Waals surface area contributed by atoms with Gasteiger partial charge in [0.15, 0.2) is 21.5 Å². The summed E-state index contributed by atoms with van der Waals surface area (Å²) in [6.07, 6.45) is 3.61. The van der Waals surface area contributed by atoms with E-state index in [0.717, 1.165) is 12.8 Å². The van der Waals surface area contributed by atoms with Crippen LogP contribution in [0.2, 0.25) is 5.02 Å². The number of sulfone groups is 1. The molecule has 3 aromatic heterocycles. The van der Waals surface area contributed by atoms with Gasteiger partial charge in [0.2, 0.25) is 5.88 Å². The molecule has 4 heterocycles. The fourth-order valence-corrected chi connectivity index (χ4v) is 5.83. The molecule has 0 N–H and O–H groups in total. The average Bonchev–Trinajstić information content (AvgIpc) is 3.55. The quantitative estimate of drug-likeness (QED) is 0.380. The van der Waals surface area contributed by atoms with Crippen molar-refractivity contribution in [3.05, 3.63) is 47.3 Å². The third-order valence-electron chi connectivity index (χ3n) is 6.31. The van der Waals surface area contributed by atoms with E-state index in [1.807, 2.05) is 11.5 Å². The zero-order chi connectivity index (χ0) is 25.9. The smallest absolute Gasteiger partial charge is 0.213 e. The van der Waals surface area contributed by atoms with E-state index in [2.05, 4.69) is 25.1 Å². The summed E-state index contributed by atoms with van der Waals surface area (Å²) in [6.45, 7) is 4.20. The monoisotopic (exact) mass is 536 g/mol. The molecular formula is C23H29ClN6O5S. The van der Waals surface area contributed by atoms with Crippen molar-refractivity contribution < 1.29 is 22.6 Å². The van der Waals surface area contributed by atoms with Crippen molar-refractivity contribution in [2.45, 2.75) is 55.9 Å². The molecule has 0 spiro atoms. The van der Waals surface area contributed by atoms with E-state index < -0.39 is 21.2 Å². The van der Waals surface area contributed by atoms with Gasteiger partial charge in [-0.05, 0) is 32.8 Å². The molecule has 4 rings (SSSR count). The van der Waals surface area contributed by atoms with Crippen LogP contribution in [0, 0.1) is 0 Å². The number of rotatable bonds is 10. The highest BCUT2D eigenvalue weighted by Gasteiger charge is 2.36. The average molecular weight is 537 g/mol. The molecule has 1 unspecified atom stereocenters. The van der Waals surface area contributed by atoms with Gasteiger partial charge in [-0.3, -0.25) is 0 Å². The van der Waals surface area contributed by atoms with E-state index in [4.69, 9.17) is 25.8 Å². The number of ether oxygens (including phenoxy) is 3. The molecule has 0 bridgehead atoms. The molecule has 0 saturated carbocycles. The van der Waals surface area contributed by atoms with Gasteiger partial charge in [0.1, 0.15) is 23.4 Å². The minimum absolute atomic E-state index is 0.0987. The Bertz CT molecular complexity index is 1280. The summed E-state index contributed by atoms with van der Waals surface area (Å²) in [5, 5.41) is 8.00. The van der Waals surface area contributed by atoms with Crippen molar-refractivity contribution in [1.82, 2.24) is 29.7 Å². The topological polar surface area (TPSA) is 131 Å². The summed E-state index contributed by atoms with van der Waals surface area (Å²) in [5.41, 5.74) is 0.521. The predicted molar refractivity (Wildman–Crippen MR) is 132 cm³/mol. The van der Waals surface area contributed by atoms with E-state index in [0.29, 0.717) is 29.0 Å². The molecule has 0 radical (unpaired) electrons. The predicted octanol–water partition coefficient (Wildman–Crippen LogP) is 3.22. The highest BCUT2D eigenvalue weighted by molar-refractivity contribution is 7.91. The van der Waals surface area contributed by atoms with Crippen LogP contribution < -0.4 is 4.74 Å². The normalized spacial score (nSPS) is 18.6. The van der Waals surface area contributed by atoms with E-state index >= 15 is 0 Å². The van der Waals surface area contributed by atoms with Crippen LogP contribution in [0.15, 0.2) is 30.6 Å². The van der Waals surface area contributed by atoms with Gasteiger partial charge in [0, 0.05) is 32.2 Å². The van der Waals surface area contributed by atoms with E-state index in [1.165, 1.54) is 26.6 Å². The standard InChI is InChI=1S/C23H29ClN6O5S/c1-14(18-8-6-10-35-18)30-19(28-29-23(30)17-7-5-9-20(27-17)33-3)13-36(31,32)15(2)21(34-4)22-25-11-16(24)12-26-22/h5,7,9,11-12,14-15,18,21H,6,8,10,13H2,1-4H3/t14-,15+,18?,21+/m1/s1. The number of hydrogen-bond donors (Lipinski definition) is 0. The van der Waals surface area contributed by atoms with E-state index in [9.17, 15) is 8.42 Å². The Labute approximate surface area is 215 Å². The highest BCUT2D eigenvalue weighted by Crippen LogP contribution is 2.32. The molecule has 4 atom stereocenters. The maximum atomic E-state index is 13.6. The van der Waals surface area contributed by atoms with Crippen LogP contribution in [-0.4, -0.2) is 70.3 Å². The zero-order valence-corrected chi connectivity index (χ0v) is 22.1.